The van der Waals surface area contributed by atoms with Gasteiger partial charge in [-0.05, 0) is 59.3 Å². The van der Waals surface area contributed by atoms with Gasteiger partial charge in [0.2, 0.25) is 0 Å². The first kappa shape index (κ1) is 14.3. The molecule has 1 amide bonds. The van der Waals surface area contributed by atoms with Gasteiger partial charge in [-0.2, -0.15) is 0 Å². The van der Waals surface area contributed by atoms with Crippen molar-refractivity contribution in [1.29, 1.82) is 0 Å². The van der Waals surface area contributed by atoms with Crippen molar-refractivity contribution >= 4 is 27.5 Å². The quantitative estimate of drug-likeness (QED) is 0.837. The summed E-state index contributed by atoms with van der Waals surface area (Å²) < 4.78 is 0.806. The van der Waals surface area contributed by atoms with Crippen molar-refractivity contribution in [1.82, 2.24) is 4.90 Å². The van der Waals surface area contributed by atoms with Crippen LogP contribution in [0.3, 0.4) is 0 Å². The normalized spacial score (nSPS) is 19.5. The molecule has 2 rings (SSSR count). The lowest BCUT2D eigenvalue weighted by Crippen LogP contribution is -2.40. The second-order valence-electron chi connectivity index (χ2n) is 5.01. The first-order chi connectivity index (χ1) is 9.11. The molecule has 19 heavy (non-hydrogen) atoms. The van der Waals surface area contributed by atoms with Crippen molar-refractivity contribution in [2.75, 3.05) is 25.4 Å². The molecule has 1 atom stereocenters. The van der Waals surface area contributed by atoms with Gasteiger partial charge in [0, 0.05) is 35.4 Å². The highest BCUT2D eigenvalue weighted by Gasteiger charge is 2.24. The van der Waals surface area contributed by atoms with Gasteiger partial charge >= 0.3 is 0 Å². The van der Waals surface area contributed by atoms with E-state index in [1.807, 2.05) is 4.90 Å². The van der Waals surface area contributed by atoms with Crippen LogP contribution in [0.4, 0.5) is 5.69 Å². The van der Waals surface area contributed by atoms with Gasteiger partial charge in [0.1, 0.15) is 0 Å². The fourth-order valence-corrected chi connectivity index (χ4v) is 2.77. The molecule has 0 aliphatic carbocycles. The van der Waals surface area contributed by atoms with Crippen LogP contribution >= 0.6 is 15.9 Å². The lowest BCUT2D eigenvalue weighted by Gasteiger charge is -2.32. The number of nitrogens with two attached hydrogens (primary N) is 1. The highest BCUT2D eigenvalue weighted by Crippen LogP contribution is 2.24. The summed E-state index contributed by atoms with van der Waals surface area (Å²) in [4.78, 5) is 14.3. The molecule has 0 bridgehead atoms. The fraction of sp³-hybridized carbons (Fsp3) is 0.500. The van der Waals surface area contributed by atoms with Crippen LogP contribution in [-0.2, 0) is 0 Å². The van der Waals surface area contributed by atoms with Gasteiger partial charge in [0.25, 0.3) is 5.91 Å². The number of aliphatic hydroxyl groups excluding tert-OH is 1. The Kier molecular flexibility index (Phi) is 4.82. The van der Waals surface area contributed by atoms with E-state index in [4.69, 9.17) is 10.8 Å². The number of aliphatic hydroxyl groups is 1. The van der Waals surface area contributed by atoms with E-state index in [0.29, 0.717) is 17.2 Å². The number of amides is 1. The Labute approximate surface area is 121 Å². The van der Waals surface area contributed by atoms with Crippen LogP contribution in [0.1, 0.15) is 29.6 Å². The molecule has 1 aliphatic heterocycles. The van der Waals surface area contributed by atoms with Crippen LogP contribution in [0.5, 0.6) is 0 Å². The molecular weight excluding hydrogens is 308 g/mol. The van der Waals surface area contributed by atoms with Gasteiger partial charge in [-0.1, -0.05) is 0 Å². The zero-order valence-electron chi connectivity index (χ0n) is 10.8. The van der Waals surface area contributed by atoms with E-state index >= 15 is 0 Å². The molecule has 5 heteroatoms. The van der Waals surface area contributed by atoms with Crippen LogP contribution in [-0.4, -0.2) is 35.6 Å². The smallest absolute Gasteiger partial charge is 0.253 e. The van der Waals surface area contributed by atoms with Crippen LogP contribution in [0.2, 0.25) is 0 Å². The first-order valence-corrected chi connectivity index (χ1v) is 7.36. The number of hydrogen-bond acceptors (Lipinski definition) is 3. The lowest BCUT2D eigenvalue weighted by molar-refractivity contribution is 0.0653. The van der Waals surface area contributed by atoms with Gasteiger partial charge in [0.05, 0.1) is 0 Å². The van der Waals surface area contributed by atoms with Crippen LogP contribution in [0.25, 0.3) is 0 Å². The number of benzene rings is 1. The van der Waals surface area contributed by atoms with Gasteiger partial charge in [-0.25, -0.2) is 0 Å². The molecular formula is C14H19BrN2O2. The minimum Gasteiger partial charge on any atom is -0.398 e. The summed E-state index contributed by atoms with van der Waals surface area (Å²) in [6, 6.07) is 5.30. The minimum absolute atomic E-state index is 0.0295. The maximum absolute atomic E-state index is 12.4. The van der Waals surface area contributed by atoms with Gasteiger partial charge in [-0.15, -0.1) is 0 Å². The SMILES string of the molecule is Nc1cc(C(=O)N2CCCC(CCO)C2)ccc1Br. The molecule has 0 saturated carbocycles. The summed E-state index contributed by atoms with van der Waals surface area (Å²) >= 11 is 3.33. The topological polar surface area (TPSA) is 66.6 Å². The number of nitrogens with zero attached hydrogens (tertiary/aromatic N) is 1. The molecule has 1 heterocycles. The monoisotopic (exact) mass is 326 g/mol. The Morgan fingerprint density at radius 1 is 1.53 bits per heavy atom. The van der Waals surface area contributed by atoms with Gasteiger partial charge < -0.3 is 15.7 Å². The largest absolute Gasteiger partial charge is 0.398 e. The number of carbonyl (C=O) groups excluding carboxylic acids is 1. The van der Waals surface area contributed by atoms with E-state index in [2.05, 4.69) is 15.9 Å². The minimum atomic E-state index is 0.0295. The Hall–Kier alpha value is -1.07. The van der Waals surface area contributed by atoms with E-state index < -0.39 is 0 Å². The van der Waals surface area contributed by atoms with E-state index in [-0.39, 0.29) is 12.5 Å². The molecule has 0 radical (unpaired) electrons. The predicted octanol–water partition coefficient (Wildman–Crippen LogP) is 2.27. The van der Waals surface area contributed by atoms with Crippen molar-refractivity contribution < 1.29 is 9.90 Å². The summed E-state index contributed by atoms with van der Waals surface area (Å²) in [5.74, 6) is 0.442. The molecule has 4 nitrogen and oxygen atoms in total. The van der Waals surface area contributed by atoms with E-state index in [9.17, 15) is 4.79 Å². The van der Waals surface area contributed by atoms with E-state index in [0.717, 1.165) is 36.8 Å². The molecule has 1 aromatic carbocycles. The van der Waals surface area contributed by atoms with Crippen molar-refractivity contribution in [2.45, 2.75) is 19.3 Å². The molecule has 1 fully saturated rings. The van der Waals surface area contributed by atoms with Crippen LogP contribution in [0, 0.1) is 5.92 Å². The third-order valence-electron chi connectivity index (χ3n) is 3.59. The van der Waals surface area contributed by atoms with Crippen LogP contribution < -0.4 is 5.73 Å². The summed E-state index contributed by atoms with van der Waals surface area (Å²) in [5.41, 5.74) is 7.02. The average Bonchev–Trinajstić information content (AvgIpc) is 2.42. The summed E-state index contributed by atoms with van der Waals surface area (Å²) in [6.45, 7) is 1.71. The third-order valence-corrected chi connectivity index (χ3v) is 4.31. The fourth-order valence-electron chi connectivity index (χ4n) is 2.53. The molecule has 104 valence electrons. The zero-order chi connectivity index (χ0) is 13.8. The predicted molar refractivity (Wildman–Crippen MR) is 78.9 cm³/mol. The van der Waals surface area contributed by atoms with Crippen molar-refractivity contribution in [3.8, 4) is 0 Å². The molecule has 1 unspecified atom stereocenters. The van der Waals surface area contributed by atoms with E-state index in [1.54, 1.807) is 18.2 Å². The number of piperidine rings is 1. The maximum Gasteiger partial charge on any atom is 0.253 e. The van der Waals surface area contributed by atoms with Crippen molar-refractivity contribution in [2.24, 2.45) is 5.92 Å². The Balaban J connectivity index is 2.08. The summed E-state index contributed by atoms with van der Waals surface area (Å²) in [6.07, 6.45) is 2.86. The first-order valence-electron chi connectivity index (χ1n) is 6.57. The second kappa shape index (κ2) is 6.39. The standard InChI is InChI=1S/C14H19BrN2O2/c15-12-4-3-11(8-13(12)16)14(19)17-6-1-2-10(9-17)5-7-18/h3-4,8,10,18H,1-2,5-7,9,16H2. The number of carbonyl (C=O) groups is 1. The molecule has 3 N–H and O–H groups in total. The Bertz CT molecular complexity index is 463. The number of rotatable bonds is 3. The molecule has 0 spiro atoms. The Morgan fingerprint density at radius 3 is 3.00 bits per heavy atom. The summed E-state index contributed by atoms with van der Waals surface area (Å²) in [7, 11) is 0. The summed E-state index contributed by atoms with van der Waals surface area (Å²) in [5, 5.41) is 9.00. The number of halogens is 1. The molecule has 1 saturated heterocycles. The average molecular weight is 327 g/mol. The van der Waals surface area contributed by atoms with Crippen molar-refractivity contribution in [3.05, 3.63) is 28.2 Å². The Morgan fingerprint density at radius 2 is 2.32 bits per heavy atom. The van der Waals surface area contributed by atoms with E-state index in [1.165, 1.54) is 0 Å². The molecule has 1 aromatic rings. The third kappa shape index (κ3) is 3.48. The molecule has 1 aliphatic rings. The number of anilines is 1. The van der Waals surface area contributed by atoms with Gasteiger partial charge in [0.15, 0.2) is 0 Å². The molecule has 0 aromatic heterocycles. The number of hydrogen-bond donors (Lipinski definition) is 2. The lowest BCUT2D eigenvalue weighted by atomic mass is 9.94. The highest BCUT2D eigenvalue weighted by atomic mass is 79.9. The van der Waals surface area contributed by atoms with Gasteiger partial charge in [-0.3, -0.25) is 4.79 Å². The highest BCUT2D eigenvalue weighted by molar-refractivity contribution is 9.10. The maximum atomic E-state index is 12.4. The number of likely N-dealkylation sites (tertiary alicyclic amines) is 1. The van der Waals surface area contributed by atoms with Crippen LogP contribution in [0.15, 0.2) is 22.7 Å². The second-order valence-corrected chi connectivity index (χ2v) is 5.86. The van der Waals surface area contributed by atoms with Crippen molar-refractivity contribution in [3.63, 3.8) is 0 Å². The zero-order valence-corrected chi connectivity index (χ0v) is 12.4. The number of nitrogen functional groups attached to an aromatic ring is 1.